The normalized spacial score (nSPS) is 10.7. The number of hydrogen-bond acceptors (Lipinski definition) is 5. The average Bonchev–Trinajstić information content (AvgIpc) is 2.36. The smallest absolute Gasteiger partial charge is 0.199 e. The van der Waals surface area contributed by atoms with Crippen LogP contribution in [0.1, 0.15) is 11.3 Å². The lowest BCUT2D eigenvalue weighted by Gasteiger charge is -2.06. The average molecular weight is 330 g/mol. The monoisotopic (exact) mass is 328 g/mol. The molecule has 2 rings (SSSR count). The molecule has 0 bridgehead atoms. The van der Waals surface area contributed by atoms with Crippen LogP contribution in [0.25, 0.3) is 11.6 Å². The van der Waals surface area contributed by atoms with Crippen LogP contribution in [0.3, 0.4) is 0 Å². The fourth-order valence-electron chi connectivity index (χ4n) is 1.30. The number of halogens is 2. The van der Waals surface area contributed by atoms with E-state index in [2.05, 4.69) is 35.9 Å². The lowest BCUT2D eigenvalue weighted by atomic mass is 10.3. The molecule has 5 nitrogen and oxygen atoms in total. The molecule has 0 atom stereocenters. The number of methoxy groups -OCH3 is 1. The van der Waals surface area contributed by atoms with Gasteiger partial charge in [-0.25, -0.2) is 19.9 Å². The van der Waals surface area contributed by atoms with Gasteiger partial charge in [-0.05, 0) is 28.4 Å². The molecule has 0 aliphatic carbocycles. The molecule has 0 saturated heterocycles. The molecule has 0 spiro atoms. The fraction of sp³-hybridized carbons (Fsp3) is 0.273. The molecule has 0 saturated carbocycles. The Morgan fingerprint density at radius 3 is 2.50 bits per heavy atom. The summed E-state index contributed by atoms with van der Waals surface area (Å²) in [6, 6.07) is 0. The third-order valence-electron chi connectivity index (χ3n) is 2.14. The Labute approximate surface area is 118 Å². The highest BCUT2D eigenvalue weighted by Crippen LogP contribution is 2.26. The molecular formula is C11H10BrClN4O. The minimum Gasteiger partial charge on any atom is -0.378 e. The highest BCUT2D eigenvalue weighted by Gasteiger charge is 2.13. The molecule has 0 radical (unpaired) electrons. The molecular weight excluding hydrogens is 320 g/mol. The second-order valence-electron chi connectivity index (χ2n) is 3.62. The van der Waals surface area contributed by atoms with Gasteiger partial charge < -0.3 is 4.74 Å². The first kappa shape index (κ1) is 13.3. The Kier molecular flexibility index (Phi) is 4.21. The maximum atomic E-state index is 6.03. The molecule has 0 fully saturated rings. The molecule has 0 unspecified atom stereocenters. The van der Waals surface area contributed by atoms with Gasteiger partial charge in [0, 0.05) is 19.5 Å². The minimum absolute atomic E-state index is 0.316. The summed E-state index contributed by atoms with van der Waals surface area (Å²) in [6.45, 7) is 2.25. The summed E-state index contributed by atoms with van der Waals surface area (Å²) in [5.74, 6) is 0.822. The van der Waals surface area contributed by atoms with E-state index in [-0.39, 0.29) is 0 Å². The highest BCUT2D eigenvalue weighted by atomic mass is 79.9. The van der Waals surface area contributed by atoms with Crippen LogP contribution in [-0.2, 0) is 11.3 Å². The zero-order chi connectivity index (χ0) is 13.1. The van der Waals surface area contributed by atoms with Gasteiger partial charge in [-0.3, -0.25) is 0 Å². The summed E-state index contributed by atoms with van der Waals surface area (Å²) in [7, 11) is 1.59. The standard InChI is InChI=1S/C11H10BrClN4O/c1-6-3-14-10(15-4-6)11-16-7(5-18-2)8(12)9(13)17-11/h3-4H,5H2,1-2H3. The van der Waals surface area contributed by atoms with Crippen LogP contribution < -0.4 is 0 Å². The quantitative estimate of drug-likeness (QED) is 0.810. The summed E-state index contributed by atoms with van der Waals surface area (Å²) in [5.41, 5.74) is 1.63. The topological polar surface area (TPSA) is 60.8 Å². The van der Waals surface area contributed by atoms with E-state index in [0.717, 1.165) is 5.56 Å². The van der Waals surface area contributed by atoms with Crippen molar-refractivity contribution in [3.05, 3.63) is 33.3 Å². The van der Waals surface area contributed by atoms with E-state index >= 15 is 0 Å². The van der Waals surface area contributed by atoms with E-state index in [9.17, 15) is 0 Å². The van der Waals surface area contributed by atoms with Gasteiger partial charge >= 0.3 is 0 Å². The molecule has 2 aromatic rings. The van der Waals surface area contributed by atoms with Crippen LogP contribution in [0.15, 0.2) is 16.9 Å². The fourth-order valence-corrected chi connectivity index (χ4v) is 1.78. The second kappa shape index (κ2) is 5.69. The number of nitrogens with zero attached hydrogens (tertiary/aromatic N) is 4. The number of aromatic nitrogens is 4. The Morgan fingerprint density at radius 2 is 1.89 bits per heavy atom. The first-order valence-corrected chi connectivity index (χ1v) is 6.28. The number of rotatable bonds is 3. The molecule has 0 aromatic carbocycles. The molecule has 2 aromatic heterocycles. The third-order valence-corrected chi connectivity index (χ3v) is 3.48. The summed E-state index contributed by atoms with van der Waals surface area (Å²) < 4.78 is 5.68. The summed E-state index contributed by atoms with van der Waals surface area (Å²) in [4.78, 5) is 16.8. The van der Waals surface area contributed by atoms with Crippen molar-refractivity contribution in [1.82, 2.24) is 19.9 Å². The van der Waals surface area contributed by atoms with Gasteiger partial charge in [-0.2, -0.15) is 0 Å². The lowest BCUT2D eigenvalue weighted by Crippen LogP contribution is -2.02. The van der Waals surface area contributed by atoms with Gasteiger partial charge in [0.1, 0.15) is 5.15 Å². The van der Waals surface area contributed by atoms with Gasteiger partial charge in [-0.1, -0.05) is 11.6 Å². The predicted molar refractivity (Wildman–Crippen MR) is 71.2 cm³/mol. The molecule has 0 aliphatic heterocycles. The highest BCUT2D eigenvalue weighted by molar-refractivity contribution is 9.10. The van der Waals surface area contributed by atoms with Crippen molar-refractivity contribution in [3.8, 4) is 11.6 Å². The van der Waals surface area contributed by atoms with Crippen molar-refractivity contribution in [2.75, 3.05) is 7.11 Å². The Hall–Kier alpha value is -1.11. The summed E-state index contributed by atoms with van der Waals surface area (Å²) >= 11 is 9.35. The van der Waals surface area contributed by atoms with Gasteiger partial charge in [0.25, 0.3) is 0 Å². The van der Waals surface area contributed by atoms with E-state index in [1.54, 1.807) is 19.5 Å². The molecule has 2 heterocycles. The zero-order valence-electron chi connectivity index (χ0n) is 9.81. The summed E-state index contributed by atoms with van der Waals surface area (Å²) in [5, 5.41) is 0.316. The van der Waals surface area contributed by atoms with Gasteiger partial charge in [-0.15, -0.1) is 0 Å². The number of ether oxygens (including phenoxy) is 1. The maximum absolute atomic E-state index is 6.03. The maximum Gasteiger partial charge on any atom is 0.199 e. The van der Waals surface area contributed by atoms with Crippen molar-refractivity contribution >= 4 is 27.5 Å². The van der Waals surface area contributed by atoms with E-state index in [0.29, 0.717) is 33.6 Å². The second-order valence-corrected chi connectivity index (χ2v) is 4.77. The number of aryl methyl sites for hydroxylation is 1. The van der Waals surface area contributed by atoms with Crippen LogP contribution in [0.4, 0.5) is 0 Å². The molecule has 0 aliphatic rings. The van der Waals surface area contributed by atoms with Crippen LogP contribution >= 0.6 is 27.5 Å². The van der Waals surface area contributed by atoms with Crippen molar-refractivity contribution in [2.45, 2.75) is 13.5 Å². The van der Waals surface area contributed by atoms with Gasteiger partial charge in [0.2, 0.25) is 0 Å². The van der Waals surface area contributed by atoms with Crippen molar-refractivity contribution in [2.24, 2.45) is 0 Å². The van der Waals surface area contributed by atoms with Crippen LogP contribution in [0.2, 0.25) is 5.15 Å². The third kappa shape index (κ3) is 2.82. The van der Waals surface area contributed by atoms with Crippen LogP contribution in [0.5, 0.6) is 0 Å². The van der Waals surface area contributed by atoms with Crippen molar-refractivity contribution in [1.29, 1.82) is 0 Å². The Morgan fingerprint density at radius 1 is 1.22 bits per heavy atom. The van der Waals surface area contributed by atoms with E-state index < -0.39 is 0 Å². The van der Waals surface area contributed by atoms with Gasteiger partial charge in [0.05, 0.1) is 16.8 Å². The summed E-state index contributed by atoms with van der Waals surface area (Å²) in [6.07, 6.45) is 3.41. The predicted octanol–water partition coefficient (Wildman–Crippen LogP) is 2.80. The molecule has 94 valence electrons. The first-order chi connectivity index (χ1) is 8.61. The molecule has 0 amide bonds. The molecule has 0 N–H and O–H groups in total. The first-order valence-electron chi connectivity index (χ1n) is 5.11. The van der Waals surface area contributed by atoms with E-state index in [4.69, 9.17) is 16.3 Å². The Bertz CT molecular complexity index is 562. The van der Waals surface area contributed by atoms with E-state index in [1.165, 1.54) is 0 Å². The van der Waals surface area contributed by atoms with E-state index in [1.807, 2.05) is 6.92 Å². The zero-order valence-corrected chi connectivity index (χ0v) is 12.2. The van der Waals surface area contributed by atoms with Crippen LogP contribution in [0, 0.1) is 6.92 Å². The molecule has 18 heavy (non-hydrogen) atoms. The van der Waals surface area contributed by atoms with Crippen LogP contribution in [-0.4, -0.2) is 27.0 Å². The minimum atomic E-state index is 0.316. The van der Waals surface area contributed by atoms with Crippen molar-refractivity contribution < 1.29 is 4.74 Å². The SMILES string of the molecule is COCc1nc(-c2ncc(C)cn2)nc(Cl)c1Br. The Balaban J connectivity index is 2.48. The van der Waals surface area contributed by atoms with Gasteiger partial charge in [0.15, 0.2) is 11.6 Å². The largest absolute Gasteiger partial charge is 0.378 e. The lowest BCUT2D eigenvalue weighted by molar-refractivity contribution is 0.181. The molecule has 7 heteroatoms. The number of hydrogen-bond donors (Lipinski definition) is 0. The van der Waals surface area contributed by atoms with Crippen molar-refractivity contribution in [3.63, 3.8) is 0 Å².